The molecule has 0 aromatic rings. The highest BCUT2D eigenvalue weighted by Gasteiger charge is 2.31. The third kappa shape index (κ3) is 2.70. The molecule has 3 nitrogen and oxygen atoms in total. The van der Waals surface area contributed by atoms with Crippen LogP contribution in [-0.4, -0.2) is 36.4 Å². The van der Waals surface area contributed by atoms with Crippen molar-refractivity contribution in [3.05, 3.63) is 0 Å². The van der Waals surface area contributed by atoms with Gasteiger partial charge in [0.1, 0.15) is 0 Å². The Morgan fingerprint density at radius 2 is 1.93 bits per heavy atom. The molecule has 0 aromatic carbocycles. The van der Waals surface area contributed by atoms with Gasteiger partial charge in [0.25, 0.3) is 0 Å². The van der Waals surface area contributed by atoms with Gasteiger partial charge in [-0.1, -0.05) is 28.8 Å². The van der Waals surface area contributed by atoms with Crippen LogP contribution < -0.4 is 0 Å². The zero-order chi connectivity index (χ0) is 10.8. The zero-order valence-corrected chi connectivity index (χ0v) is 11.1. The van der Waals surface area contributed by atoms with Gasteiger partial charge in [-0.2, -0.15) is 0 Å². The topological polar surface area (TPSA) is 37.4 Å². The molecule has 0 aromatic heterocycles. The molecule has 1 aliphatic carbocycles. The fourth-order valence-corrected chi connectivity index (χ4v) is 4.06. The van der Waals surface area contributed by atoms with E-state index in [1.54, 1.807) is 18.3 Å². The number of hydrogen-bond donors (Lipinski definition) is 0. The molecule has 1 rings (SSSR count). The summed E-state index contributed by atoms with van der Waals surface area (Å²) >= 11 is 3.57. The molecule has 0 aliphatic heterocycles. The van der Waals surface area contributed by atoms with Crippen LogP contribution in [0.5, 0.6) is 0 Å². The van der Waals surface area contributed by atoms with E-state index in [2.05, 4.69) is 15.9 Å². The van der Waals surface area contributed by atoms with E-state index in [1.165, 1.54) is 6.42 Å². The highest BCUT2D eigenvalue weighted by molar-refractivity contribution is 9.09. The van der Waals surface area contributed by atoms with Crippen LogP contribution in [-0.2, 0) is 10.0 Å². The first-order valence-corrected chi connectivity index (χ1v) is 7.61. The Labute approximate surface area is 95.0 Å². The minimum absolute atomic E-state index is 0.147. The van der Waals surface area contributed by atoms with Gasteiger partial charge in [-0.3, -0.25) is 0 Å². The third-order valence-corrected chi connectivity index (χ3v) is 5.86. The highest BCUT2D eigenvalue weighted by atomic mass is 79.9. The van der Waals surface area contributed by atoms with E-state index < -0.39 is 10.0 Å². The van der Waals surface area contributed by atoms with Gasteiger partial charge in [0.15, 0.2) is 0 Å². The van der Waals surface area contributed by atoms with Crippen LogP contribution in [0, 0.1) is 0 Å². The van der Waals surface area contributed by atoms with E-state index in [-0.39, 0.29) is 11.8 Å². The predicted octanol–water partition coefficient (Wildman–Crippen LogP) is 1.97. The second-order valence-corrected chi connectivity index (χ2v) is 7.28. The Balaban J connectivity index is 2.72. The summed E-state index contributed by atoms with van der Waals surface area (Å²) in [5.41, 5.74) is 0. The summed E-state index contributed by atoms with van der Waals surface area (Å²) in [4.78, 5) is 0.322. The van der Waals surface area contributed by atoms with E-state index >= 15 is 0 Å². The summed E-state index contributed by atoms with van der Waals surface area (Å²) in [6.45, 7) is 1.69. The molecule has 0 amide bonds. The van der Waals surface area contributed by atoms with Crippen LogP contribution in [0.1, 0.15) is 32.6 Å². The summed E-state index contributed by atoms with van der Waals surface area (Å²) in [6, 6.07) is 0.147. The molecular weight excluding hydrogens is 266 g/mol. The quantitative estimate of drug-likeness (QED) is 0.743. The highest BCUT2D eigenvalue weighted by Crippen LogP contribution is 2.29. The van der Waals surface area contributed by atoms with Gasteiger partial charge in [0, 0.05) is 17.9 Å². The lowest BCUT2D eigenvalue weighted by Crippen LogP contribution is -2.44. The molecule has 0 saturated heterocycles. The van der Waals surface area contributed by atoms with Crippen molar-refractivity contribution in [3.8, 4) is 0 Å². The van der Waals surface area contributed by atoms with Crippen molar-refractivity contribution in [1.29, 1.82) is 0 Å². The largest absolute Gasteiger partial charge is 0.213 e. The molecule has 1 aliphatic rings. The van der Waals surface area contributed by atoms with Crippen molar-refractivity contribution in [3.63, 3.8) is 0 Å². The van der Waals surface area contributed by atoms with Crippen molar-refractivity contribution in [2.45, 2.75) is 43.5 Å². The molecule has 1 fully saturated rings. The van der Waals surface area contributed by atoms with Crippen molar-refractivity contribution < 1.29 is 8.42 Å². The summed E-state index contributed by atoms with van der Waals surface area (Å²) in [5.74, 6) is 0.194. The maximum atomic E-state index is 11.6. The van der Waals surface area contributed by atoms with Gasteiger partial charge in [0.05, 0.1) is 5.75 Å². The van der Waals surface area contributed by atoms with Gasteiger partial charge in [-0.05, 0) is 19.8 Å². The molecule has 2 unspecified atom stereocenters. The van der Waals surface area contributed by atoms with Crippen LogP contribution in [0.3, 0.4) is 0 Å². The fourth-order valence-electron chi connectivity index (χ4n) is 1.89. The Morgan fingerprint density at radius 1 is 1.36 bits per heavy atom. The fraction of sp³-hybridized carbons (Fsp3) is 1.00. The molecular formula is C9H18BrNO2S. The lowest BCUT2D eigenvalue weighted by atomic mass is 9.96. The Bertz CT molecular complexity index is 279. The van der Waals surface area contributed by atoms with E-state index in [0.717, 1.165) is 19.3 Å². The van der Waals surface area contributed by atoms with Crippen molar-refractivity contribution in [2.24, 2.45) is 0 Å². The van der Waals surface area contributed by atoms with Gasteiger partial charge in [-0.25, -0.2) is 12.7 Å². The van der Waals surface area contributed by atoms with E-state index in [1.807, 2.05) is 0 Å². The second kappa shape index (κ2) is 4.94. The van der Waals surface area contributed by atoms with Crippen LogP contribution >= 0.6 is 15.9 Å². The van der Waals surface area contributed by atoms with Gasteiger partial charge < -0.3 is 0 Å². The van der Waals surface area contributed by atoms with Gasteiger partial charge >= 0.3 is 0 Å². The average Bonchev–Trinajstić information content (AvgIpc) is 2.17. The third-order valence-electron chi connectivity index (χ3n) is 2.92. The average molecular weight is 284 g/mol. The van der Waals surface area contributed by atoms with Crippen molar-refractivity contribution in [1.82, 2.24) is 4.31 Å². The molecule has 1 saturated carbocycles. The molecule has 14 heavy (non-hydrogen) atoms. The molecule has 84 valence electrons. The standard InChI is InChI=1S/C9H18BrNO2S/c1-3-14(12,13)11(2)9-7-5-4-6-8(9)10/h8-9H,3-7H2,1-2H3. The Hall–Kier alpha value is 0.390. The molecule has 0 radical (unpaired) electrons. The van der Waals surface area contributed by atoms with E-state index in [4.69, 9.17) is 0 Å². The first-order valence-electron chi connectivity index (χ1n) is 5.09. The van der Waals surface area contributed by atoms with Gasteiger partial charge in [0.2, 0.25) is 10.0 Å². The first-order chi connectivity index (χ1) is 6.49. The molecule has 2 atom stereocenters. The van der Waals surface area contributed by atoms with Crippen molar-refractivity contribution >= 4 is 26.0 Å². The number of sulfonamides is 1. The minimum atomic E-state index is -3.03. The maximum Gasteiger partial charge on any atom is 0.213 e. The smallest absolute Gasteiger partial charge is 0.212 e. The van der Waals surface area contributed by atoms with Crippen LogP contribution in [0.4, 0.5) is 0 Å². The maximum absolute atomic E-state index is 11.6. The van der Waals surface area contributed by atoms with Crippen molar-refractivity contribution in [2.75, 3.05) is 12.8 Å². The summed E-state index contributed by atoms with van der Waals surface area (Å²) < 4.78 is 24.8. The van der Waals surface area contributed by atoms with Crippen LogP contribution in [0.2, 0.25) is 0 Å². The second-order valence-electron chi connectivity index (χ2n) is 3.78. The number of alkyl halides is 1. The first kappa shape index (κ1) is 12.5. The van der Waals surface area contributed by atoms with Crippen LogP contribution in [0.15, 0.2) is 0 Å². The molecule has 0 spiro atoms. The molecule has 0 N–H and O–H groups in total. The lowest BCUT2D eigenvalue weighted by Gasteiger charge is -2.34. The molecule has 0 heterocycles. The Morgan fingerprint density at radius 3 is 2.43 bits per heavy atom. The van der Waals surface area contributed by atoms with E-state index in [0.29, 0.717) is 4.83 Å². The molecule has 5 heteroatoms. The summed E-state index contributed by atoms with van der Waals surface area (Å²) in [7, 11) is -1.33. The summed E-state index contributed by atoms with van der Waals surface area (Å²) in [6.07, 6.45) is 4.39. The zero-order valence-electron chi connectivity index (χ0n) is 8.74. The normalized spacial score (nSPS) is 29.4. The monoisotopic (exact) mass is 283 g/mol. The number of rotatable bonds is 3. The predicted molar refractivity (Wildman–Crippen MR) is 62.2 cm³/mol. The van der Waals surface area contributed by atoms with E-state index in [9.17, 15) is 8.42 Å². The molecule has 0 bridgehead atoms. The number of nitrogens with zero attached hydrogens (tertiary/aromatic N) is 1. The number of hydrogen-bond acceptors (Lipinski definition) is 2. The number of halogens is 1. The van der Waals surface area contributed by atoms with Crippen LogP contribution in [0.25, 0.3) is 0 Å². The SMILES string of the molecule is CCS(=O)(=O)N(C)C1CCCCC1Br. The minimum Gasteiger partial charge on any atom is -0.212 e. The van der Waals surface area contributed by atoms with Gasteiger partial charge in [-0.15, -0.1) is 0 Å². The summed E-state index contributed by atoms with van der Waals surface area (Å²) in [5, 5.41) is 0. The lowest BCUT2D eigenvalue weighted by molar-refractivity contribution is 0.297. The Kier molecular flexibility index (Phi) is 4.40.